The Morgan fingerprint density at radius 3 is 2.45 bits per heavy atom. The zero-order chi connectivity index (χ0) is 21.5. The number of carbonyl (C=O) groups is 1. The van der Waals surface area contributed by atoms with E-state index in [1.807, 2.05) is 0 Å². The summed E-state index contributed by atoms with van der Waals surface area (Å²) in [5.74, 6) is -4.53. The van der Waals surface area contributed by atoms with Crippen molar-refractivity contribution < 1.29 is 45.2 Å². The fraction of sp³-hybridized carbons (Fsp3) is 0.118. The molecule has 2 aromatic carbocycles. The number of nitrogens with one attached hydrogen (secondary N) is 1. The molecule has 0 fully saturated rings. The van der Waals surface area contributed by atoms with Crippen molar-refractivity contribution in [3.8, 4) is 28.7 Å². The molecule has 152 valence electrons. The van der Waals surface area contributed by atoms with Crippen LogP contribution in [0.5, 0.6) is 28.7 Å². The molecule has 1 atom stereocenters. The molecular formula is C17H14N2O10. The number of phenols is 4. The van der Waals surface area contributed by atoms with Gasteiger partial charge in [0.2, 0.25) is 11.7 Å². The van der Waals surface area contributed by atoms with E-state index in [0.717, 1.165) is 30.3 Å². The molecule has 0 saturated carbocycles. The number of carbonyl (C=O) groups excluding carboxylic acids is 1. The first-order valence-electron chi connectivity index (χ1n) is 7.89. The molecule has 0 saturated heterocycles. The molecule has 0 radical (unpaired) electrons. The van der Waals surface area contributed by atoms with Crippen LogP contribution in [0.4, 0.5) is 5.69 Å². The average Bonchev–Trinajstić information content (AvgIpc) is 2.62. The third kappa shape index (κ3) is 3.44. The quantitative estimate of drug-likeness (QED) is 0.166. The minimum Gasteiger partial charge on any atom is -0.508 e. The average molecular weight is 406 g/mol. The van der Waals surface area contributed by atoms with Crippen molar-refractivity contribution in [3.63, 3.8) is 0 Å². The van der Waals surface area contributed by atoms with Crippen LogP contribution in [0.3, 0.4) is 0 Å². The second-order valence-electron chi connectivity index (χ2n) is 6.20. The van der Waals surface area contributed by atoms with Gasteiger partial charge in [-0.05, 0) is 12.1 Å². The molecule has 1 amide bonds. The van der Waals surface area contributed by atoms with Crippen molar-refractivity contribution in [3.05, 3.63) is 51.6 Å². The summed E-state index contributed by atoms with van der Waals surface area (Å²) in [5.41, 5.74) is -2.26. The molecule has 0 aromatic heterocycles. The van der Waals surface area contributed by atoms with E-state index in [0.29, 0.717) is 0 Å². The molecule has 7 N–H and O–H groups in total. The monoisotopic (exact) mass is 406 g/mol. The van der Waals surface area contributed by atoms with Gasteiger partial charge in [0.25, 0.3) is 0 Å². The van der Waals surface area contributed by atoms with Gasteiger partial charge in [-0.25, -0.2) is 5.48 Å². The summed E-state index contributed by atoms with van der Waals surface area (Å²) in [7, 11) is 0. The molecule has 0 bridgehead atoms. The van der Waals surface area contributed by atoms with Crippen LogP contribution in [-0.4, -0.2) is 41.6 Å². The standard InChI is InChI=1S/C17H14N2O10/c20-8-3-10(21)15-12(4-8)29-13(5-17(15,25)6-14(23)18-26)7-1-9(19(27)28)16(24)11(22)2-7/h1-5,20-22,24-26H,6H2,(H,18,23). The van der Waals surface area contributed by atoms with Gasteiger partial charge in [-0.15, -0.1) is 0 Å². The molecule has 12 nitrogen and oxygen atoms in total. The first-order valence-corrected chi connectivity index (χ1v) is 7.89. The zero-order valence-corrected chi connectivity index (χ0v) is 14.4. The summed E-state index contributed by atoms with van der Waals surface area (Å²) in [6.45, 7) is 0. The topological polar surface area (TPSA) is 203 Å². The maximum absolute atomic E-state index is 11.7. The van der Waals surface area contributed by atoms with Gasteiger partial charge < -0.3 is 30.3 Å². The number of ether oxygens (including phenoxy) is 1. The summed E-state index contributed by atoms with van der Waals surface area (Å²) in [6, 6.07) is 3.66. The maximum atomic E-state index is 11.7. The zero-order valence-electron chi connectivity index (χ0n) is 14.4. The molecule has 3 rings (SSSR count). The molecule has 0 aliphatic carbocycles. The molecule has 1 heterocycles. The van der Waals surface area contributed by atoms with Crippen molar-refractivity contribution in [2.75, 3.05) is 0 Å². The number of benzene rings is 2. The van der Waals surface area contributed by atoms with Crippen molar-refractivity contribution in [1.82, 2.24) is 5.48 Å². The van der Waals surface area contributed by atoms with Crippen molar-refractivity contribution in [2.24, 2.45) is 0 Å². The minimum absolute atomic E-state index is 0.164. The Hall–Kier alpha value is -4.03. The largest absolute Gasteiger partial charge is 0.508 e. The Bertz CT molecular complexity index is 1060. The number of rotatable bonds is 4. The van der Waals surface area contributed by atoms with Crippen LogP contribution in [0.15, 0.2) is 30.3 Å². The van der Waals surface area contributed by atoms with Crippen molar-refractivity contribution in [2.45, 2.75) is 12.0 Å². The molecule has 1 aliphatic rings. The second-order valence-corrected chi connectivity index (χ2v) is 6.20. The number of nitro benzene ring substituents is 1. The lowest BCUT2D eigenvalue weighted by Crippen LogP contribution is -2.34. The number of hydrogen-bond acceptors (Lipinski definition) is 10. The number of phenolic OH excluding ortho intramolecular Hbond substituents is 4. The highest BCUT2D eigenvalue weighted by Crippen LogP contribution is 2.49. The number of nitro groups is 1. The third-order valence-corrected chi connectivity index (χ3v) is 4.19. The van der Waals surface area contributed by atoms with Gasteiger partial charge in [0.15, 0.2) is 5.75 Å². The van der Waals surface area contributed by atoms with Crippen LogP contribution < -0.4 is 10.2 Å². The van der Waals surface area contributed by atoms with Crippen LogP contribution >= 0.6 is 0 Å². The molecule has 1 unspecified atom stereocenters. The highest BCUT2D eigenvalue weighted by molar-refractivity contribution is 5.80. The molecule has 1 aliphatic heterocycles. The number of hydrogen-bond donors (Lipinski definition) is 7. The van der Waals surface area contributed by atoms with Crippen LogP contribution in [0.1, 0.15) is 17.5 Å². The van der Waals surface area contributed by atoms with Crippen molar-refractivity contribution in [1.29, 1.82) is 0 Å². The number of fused-ring (bicyclic) bond motifs is 1. The number of nitrogens with zero attached hydrogens (tertiary/aromatic N) is 1. The van der Waals surface area contributed by atoms with E-state index in [1.54, 1.807) is 0 Å². The van der Waals surface area contributed by atoms with E-state index in [4.69, 9.17) is 9.94 Å². The second kappa shape index (κ2) is 6.85. The van der Waals surface area contributed by atoms with Gasteiger partial charge in [0.1, 0.15) is 28.6 Å². The van der Waals surface area contributed by atoms with Gasteiger partial charge in [-0.3, -0.25) is 20.1 Å². The highest BCUT2D eigenvalue weighted by Gasteiger charge is 2.41. The Morgan fingerprint density at radius 2 is 1.83 bits per heavy atom. The Kier molecular flexibility index (Phi) is 4.66. The lowest BCUT2D eigenvalue weighted by molar-refractivity contribution is -0.386. The SMILES string of the molecule is O=C(CC1(O)C=C(c2cc(O)c(O)c([N+](=O)[O-])c2)Oc2cc(O)cc(O)c21)NO. The van der Waals surface area contributed by atoms with Gasteiger partial charge >= 0.3 is 5.69 Å². The summed E-state index contributed by atoms with van der Waals surface area (Å²) < 4.78 is 5.49. The number of amides is 1. The fourth-order valence-electron chi connectivity index (χ4n) is 2.99. The summed E-state index contributed by atoms with van der Waals surface area (Å²) in [4.78, 5) is 21.8. The number of aliphatic hydroxyl groups is 1. The Balaban J connectivity index is 2.22. The predicted octanol–water partition coefficient (Wildman–Crippen LogP) is 0.934. The lowest BCUT2D eigenvalue weighted by atomic mass is 9.85. The summed E-state index contributed by atoms with van der Waals surface area (Å²) in [5, 5.41) is 70.1. The predicted molar refractivity (Wildman–Crippen MR) is 93.2 cm³/mol. The van der Waals surface area contributed by atoms with Crippen molar-refractivity contribution >= 4 is 17.4 Å². The van der Waals surface area contributed by atoms with Gasteiger partial charge in [-0.2, -0.15) is 0 Å². The van der Waals surface area contributed by atoms with Gasteiger partial charge in [0.05, 0.1) is 16.9 Å². The number of hydroxylamine groups is 1. The van der Waals surface area contributed by atoms with E-state index in [-0.39, 0.29) is 22.6 Å². The molecule has 2 aromatic rings. The maximum Gasteiger partial charge on any atom is 0.315 e. The molecule has 12 heteroatoms. The van der Waals surface area contributed by atoms with E-state index in [1.165, 1.54) is 5.48 Å². The lowest BCUT2D eigenvalue weighted by Gasteiger charge is -2.32. The van der Waals surface area contributed by atoms with E-state index >= 15 is 0 Å². The van der Waals surface area contributed by atoms with E-state index < -0.39 is 51.5 Å². The first-order chi connectivity index (χ1) is 13.6. The fourth-order valence-corrected chi connectivity index (χ4v) is 2.99. The summed E-state index contributed by atoms with van der Waals surface area (Å²) >= 11 is 0. The first kappa shape index (κ1) is 19.7. The van der Waals surface area contributed by atoms with Gasteiger partial charge in [-0.1, -0.05) is 0 Å². The van der Waals surface area contributed by atoms with Crippen LogP contribution in [-0.2, 0) is 10.4 Å². The Labute approximate surface area is 161 Å². The van der Waals surface area contributed by atoms with Crippen LogP contribution in [0.2, 0.25) is 0 Å². The normalized spacial score (nSPS) is 17.7. The molecular weight excluding hydrogens is 392 g/mol. The minimum atomic E-state index is -2.27. The molecule has 0 spiro atoms. The van der Waals surface area contributed by atoms with Crippen LogP contribution in [0, 0.1) is 10.1 Å². The summed E-state index contributed by atoms with van der Waals surface area (Å²) in [6.07, 6.45) is 0.130. The smallest absolute Gasteiger partial charge is 0.315 e. The van der Waals surface area contributed by atoms with E-state index in [9.17, 15) is 40.4 Å². The van der Waals surface area contributed by atoms with E-state index in [2.05, 4.69) is 0 Å². The number of aromatic hydroxyl groups is 4. The molecule has 29 heavy (non-hydrogen) atoms. The highest BCUT2D eigenvalue weighted by atomic mass is 16.6. The van der Waals surface area contributed by atoms with Crippen LogP contribution in [0.25, 0.3) is 5.76 Å². The Morgan fingerprint density at radius 1 is 1.14 bits per heavy atom. The van der Waals surface area contributed by atoms with Gasteiger partial charge in [0, 0.05) is 23.8 Å². The third-order valence-electron chi connectivity index (χ3n) is 4.19.